The van der Waals surface area contributed by atoms with Crippen molar-refractivity contribution in [1.82, 2.24) is 9.55 Å². The summed E-state index contributed by atoms with van der Waals surface area (Å²) < 4.78 is 1.76. The van der Waals surface area contributed by atoms with Crippen LogP contribution in [0.3, 0.4) is 0 Å². The van der Waals surface area contributed by atoms with Crippen LogP contribution in [-0.2, 0) is 13.7 Å². The van der Waals surface area contributed by atoms with Gasteiger partial charge in [0.1, 0.15) is 5.82 Å². The molecule has 2 aromatic rings. The predicted molar refractivity (Wildman–Crippen MR) is 64.6 cm³/mol. The molecule has 0 aliphatic carbocycles. The molecule has 0 fully saturated rings. The lowest BCUT2D eigenvalue weighted by Crippen LogP contribution is -1.98. The van der Waals surface area contributed by atoms with Crippen molar-refractivity contribution in [3.63, 3.8) is 0 Å². The minimum absolute atomic E-state index is 0.136. The molecule has 1 heterocycles. The van der Waals surface area contributed by atoms with E-state index in [0.717, 1.165) is 5.56 Å². The summed E-state index contributed by atoms with van der Waals surface area (Å²) in [5.41, 5.74) is 1.47. The summed E-state index contributed by atoms with van der Waals surface area (Å²) in [4.78, 5) is 4.20. The van der Waals surface area contributed by atoms with Crippen LogP contribution in [0.15, 0.2) is 24.3 Å². The average Bonchev–Trinajstić information content (AvgIpc) is 2.54. The summed E-state index contributed by atoms with van der Waals surface area (Å²) in [6, 6.07) is 7.34. The lowest BCUT2D eigenvalue weighted by atomic mass is 10.2. The quantitative estimate of drug-likeness (QED) is 0.898. The fourth-order valence-electron chi connectivity index (χ4n) is 1.56. The van der Waals surface area contributed by atoms with Crippen molar-refractivity contribution >= 4 is 23.2 Å². The molecule has 0 saturated carbocycles. The van der Waals surface area contributed by atoms with Crippen LogP contribution in [0.2, 0.25) is 10.2 Å². The number of benzene rings is 1. The van der Waals surface area contributed by atoms with Gasteiger partial charge in [0, 0.05) is 17.6 Å². The molecule has 0 bridgehead atoms. The van der Waals surface area contributed by atoms with Crippen molar-refractivity contribution in [2.45, 2.75) is 6.61 Å². The molecule has 16 heavy (non-hydrogen) atoms. The fraction of sp³-hybridized carbons (Fsp3) is 0.182. The number of hydrogen-bond donors (Lipinski definition) is 1. The molecule has 0 saturated heterocycles. The van der Waals surface area contributed by atoms with Crippen LogP contribution in [0.25, 0.3) is 11.4 Å². The Labute approximate surface area is 103 Å². The van der Waals surface area contributed by atoms with Gasteiger partial charge in [-0.25, -0.2) is 4.98 Å². The van der Waals surface area contributed by atoms with Gasteiger partial charge in [-0.3, -0.25) is 0 Å². The maximum absolute atomic E-state index is 9.14. The van der Waals surface area contributed by atoms with Gasteiger partial charge in [0.05, 0.1) is 12.3 Å². The molecule has 0 unspecified atom stereocenters. The number of halogens is 2. The van der Waals surface area contributed by atoms with E-state index in [-0.39, 0.29) is 6.61 Å². The second-order valence-electron chi connectivity index (χ2n) is 3.40. The Morgan fingerprint density at radius 2 is 2.12 bits per heavy atom. The minimum atomic E-state index is -0.136. The summed E-state index contributed by atoms with van der Waals surface area (Å²) in [6.07, 6.45) is 0. The van der Waals surface area contributed by atoms with Crippen molar-refractivity contribution in [3.8, 4) is 11.4 Å². The zero-order valence-electron chi connectivity index (χ0n) is 8.61. The molecular formula is C11H10Cl2N2O. The van der Waals surface area contributed by atoms with E-state index < -0.39 is 0 Å². The number of aliphatic hydroxyl groups excluding tert-OH is 1. The number of imidazole rings is 1. The van der Waals surface area contributed by atoms with Crippen LogP contribution in [-0.4, -0.2) is 14.7 Å². The third kappa shape index (κ3) is 1.94. The Morgan fingerprint density at radius 3 is 2.69 bits per heavy atom. The molecule has 5 heteroatoms. The molecule has 2 rings (SSSR count). The first kappa shape index (κ1) is 11.5. The van der Waals surface area contributed by atoms with Crippen LogP contribution in [0, 0.1) is 0 Å². The Morgan fingerprint density at radius 1 is 1.38 bits per heavy atom. The van der Waals surface area contributed by atoms with Gasteiger partial charge in [0.2, 0.25) is 0 Å². The highest BCUT2D eigenvalue weighted by Gasteiger charge is 2.13. The first-order valence-corrected chi connectivity index (χ1v) is 5.47. The number of rotatable bonds is 2. The van der Waals surface area contributed by atoms with E-state index in [1.807, 2.05) is 12.1 Å². The molecule has 1 aromatic heterocycles. The Balaban J connectivity index is 2.56. The molecule has 0 aliphatic heterocycles. The minimum Gasteiger partial charge on any atom is -0.390 e. The number of hydrogen-bond acceptors (Lipinski definition) is 2. The van der Waals surface area contributed by atoms with Gasteiger partial charge < -0.3 is 9.67 Å². The van der Waals surface area contributed by atoms with Crippen LogP contribution in [0.1, 0.15) is 5.69 Å². The van der Waals surface area contributed by atoms with E-state index in [9.17, 15) is 0 Å². The summed E-state index contributed by atoms with van der Waals surface area (Å²) >= 11 is 11.8. The Kier molecular flexibility index (Phi) is 3.19. The van der Waals surface area contributed by atoms with Crippen molar-refractivity contribution < 1.29 is 5.11 Å². The molecule has 0 amide bonds. The predicted octanol–water partition coefficient (Wildman–Crippen LogP) is 2.89. The van der Waals surface area contributed by atoms with Crippen LogP contribution in [0.5, 0.6) is 0 Å². The second-order valence-corrected chi connectivity index (χ2v) is 4.19. The molecular weight excluding hydrogens is 247 g/mol. The average molecular weight is 257 g/mol. The van der Waals surface area contributed by atoms with E-state index in [4.69, 9.17) is 28.3 Å². The molecule has 84 valence electrons. The van der Waals surface area contributed by atoms with Gasteiger partial charge in [-0.05, 0) is 12.1 Å². The summed E-state index contributed by atoms with van der Waals surface area (Å²) in [6.45, 7) is -0.136. The zero-order valence-corrected chi connectivity index (χ0v) is 10.1. The molecule has 0 spiro atoms. The first-order valence-electron chi connectivity index (χ1n) is 4.71. The second kappa shape index (κ2) is 4.45. The largest absolute Gasteiger partial charge is 0.390 e. The SMILES string of the molecule is Cn1c(-c2cccc(Cl)c2)nc(Cl)c1CO. The van der Waals surface area contributed by atoms with Gasteiger partial charge in [0.15, 0.2) is 5.15 Å². The Hall–Kier alpha value is -1.03. The van der Waals surface area contributed by atoms with Gasteiger partial charge in [-0.1, -0.05) is 35.3 Å². The molecule has 1 N–H and O–H groups in total. The third-order valence-corrected chi connectivity index (χ3v) is 2.94. The van der Waals surface area contributed by atoms with Crippen LogP contribution < -0.4 is 0 Å². The number of nitrogens with zero attached hydrogens (tertiary/aromatic N) is 2. The van der Waals surface area contributed by atoms with Gasteiger partial charge >= 0.3 is 0 Å². The molecule has 0 radical (unpaired) electrons. The lowest BCUT2D eigenvalue weighted by molar-refractivity contribution is 0.273. The highest BCUT2D eigenvalue weighted by atomic mass is 35.5. The standard InChI is InChI=1S/C11H10Cl2N2O/c1-15-9(6-16)10(13)14-11(15)7-3-2-4-8(12)5-7/h2-5,16H,6H2,1H3. The van der Waals surface area contributed by atoms with Crippen molar-refractivity contribution in [3.05, 3.63) is 40.1 Å². The van der Waals surface area contributed by atoms with Crippen LogP contribution in [0.4, 0.5) is 0 Å². The topological polar surface area (TPSA) is 38.0 Å². The van der Waals surface area contributed by atoms with E-state index in [1.165, 1.54) is 0 Å². The van der Waals surface area contributed by atoms with Crippen molar-refractivity contribution in [1.29, 1.82) is 0 Å². The van der Waals surface area contributed by atoms with E-state index in [0.29, 0.717) is 21.7 Å². The molecule has 3 nitrogen and oxygen atoms in total. The maximum Gasteiger partial charge on any atom is 0.153 e. The summed E-state index contributed by atoms with van der Waals surface area (Å²) in [5.74, 6) is 0.691. The smallest absolute Gasteiger partial charge is 0.153 e. The molecule has 1 aromatic carbocycles. The van der Waals surface area contributed by atoms with Crippen molar-refractivity contribution in [2.75, 3.05) is 0 Å². The number of aliphatic hydroxyl groups is 1. The number of aromatic nitrogens is 2. The summed E-state index contributed by atoms with van der Waals surface area (Å²) in [5, 5.41) is 10.1. The van der Waals surface area contributed by atoms with E-state index in [1.54, 1.807) is 23.7 Å². The van der Waals surface area contributed by atoms with Crippen LogP contribution >= 0.6 is 23.2 Å². The fourth-order valence-corrected chi connectivity index (χ4v) is 2.01. The molecule has 0 aliphatic rings. The van der Waals surface area contributed by atoms with E-state index >= 15 is 0 Å². The normalized spacial score (nSPS) is 10.8. The highest BCUT2D eigenvalue weighted by molar-refractivity contribution is 6.31. The Bertz CT molecular complexity index is 523. The van der Waals surface area contributed by atoms with Gasteiger partial charge in [-0.2, -0.15) is 0 Å². The van der Waals surface area contributed by atoms with Gasteiger partial charge in [0.25, 0.3) is 0 Å². The summed E-state index contributed by atoms with van der Waals surface area (Å²) in [7, 11) is 1.81. The first-order chi connectivity index (χ1) is 7.63. The maximum atomic E-state index is 9.14. The monoisotopic (exact) mass is 256 g/mol. The molecule has 0 atom stereocenters. The lowest BCUT2D eigenvalue weighted by Gasteiger charge is -2.04. The third-order valence-electron chi connectivity index (χ3n) is 2.40. The van der Waals surface area contributed by atoms with Gasteiger partial charge in [-0.15, -0.1) is 0 Å². The zero-order chi connectivity index (χ0) is 11.7. The van der Waals surface area contributed by atoms with E-state index in [2.05, 4.69) is 4.98 Å². The highest BCUT2D eigenvalue weighted by Crippen LogP contribution is 2.26. The van der Waals surface area contributed by atoms with Crippen molar-refractivity contribution in [2.24, 2.45) is 7.05 Å².